The van der Waals surface area contributed by atoms with E-state index in [-0.39, 0.29) is 53.9 Å². The molecule has 236 valence electrons. The zero-order chi connectivity index (χ0) is 32.4. The minimum Gasteiger partial charge on any atom is -0.490 e. The summed E-state index contributed by atoms with van der Waals surface area (Å²) in [7, 11) is 0. The molecule has 2 atom stereocenters. The fraction of sp³-hybridized carbons (Fsp3) is 0.222. The molecule has 0 fully saturated rings. The molecule has 6 nitrogen and oxygen atoms in total. The maximum absolute atomic E-state index is 14.3. The zero-order valence-electron chi connectivity index (χ0n) is 24.8. The van der Waals surface area contributed by atoms with Crippen LogP contribution in [-0.2, 0) is 16.2 Å². The summed E-state index contributed by atoms with van der Waals surface area (Å²) < 4.78 is 54.9. The van der Waals surface area contributed by atoms with Gasteiger partial charge in [-0.2, -0.15) is 13.2 Å². The number of carbonyl (C=O) groups is 2. The summed E-state index contributed by atoms with van der Waals surface area (Å²) in [5, 5.41) is 3.84. The monoisotopic (exact) mass is 646 g/mol. The van der Waals surface area contributed by atoms with E-state index in [0.717, 1.165) is 11.1 Å². The summed E-state index contributed by atoms with van der Waals surface area (Å²) >= 11 is 6.00. The van der Waals surface area contributed by atoms with E-state index < -0.39 is 18.1 Å². The van der Waals surface area contributed by atoms with E-state index in [1.165, 1.54) is 6.07 Å². The van der Waals surface area contributed by atoms with Crippen LogP contribution in [0.4, 0.5) is 24.5 Å². The van der Waals surface area contributed by atoms with Crippen LogP contribution in [0.1, 0.15) is 48.4 Å². The van der Waals surface area contributed by atoms with E-state index in [4.69, 9.17) is 21.1 Å². The Morgan fingerprint density at radius 1 is 0.891 bits per heavy atom. The van der Waals surface area contributed by atoms with Crippen LogP contribution in [0.5, 0.6) is 11.5 Å². The van der Waals surface area contributed by atoms with Crippen LogP contribution < -0.4 is 19.7 Å². The van der Waals surface area contributed by atoms with Crippen molar-refractivity contribution in [2.24, 2.45) is 0 Å². The number of ether oxygens (including phenoxy) is 2. The summed E-state index contributed by atoms with van der Waals surface area (Å²) in [6.45, 7) is 2.20. The molecule has 0 saturated heterocycles. The lowest BCUT2D eigenvalue weighted by Crippen LogP contribution is -2.45. The summed E-state index contributed by atoms with van der Waals surface area (Å²) in [6, 6.07) is 26.3. The number of Topliss-reactive ketones (excluding diaryl/α,β-unsaturated/α-hetero) is 1. The lowest BCUT2D eigenvalue weighted by Gasteiger charge is -2.35. The van der Waals surface area contributed by atoms with Gasteiger partial charge >= 0.3 is 12.1 Å². The molecule has 1 aliphatic carbocycles. The molecule has 10 heteroatoms. The Balaban J connectivity index is 1.49. The zero-order valence-corrected chi connectivity index (χ0v) is 25.6. The predicted octanol–water partition coefficient (Wildman–Crippen LogP) is 8.78. The third kappa shape index (κ3) is 6.33. The molecular formula is C36H30ClF3N2O4. The van der Waals surface area contributed by atoms with Gasteiger partial charge in [0.05, 0.1) is 24.0 Å². The second-order valence-corrected chi connectivity index (χ2v) is 11.5. The molecule has 1 heterocycles. The number of allylic oxidation sites excluding steroid dienone is 1. The quantitative estimate of drug-likeness (QED) is 0.217. The van der Waals surface area contributed by atoms with Crippen LogP contribution in [0.25, 0.3) is 0 Å². The number of benzene rings is 4. The predicted molar refractivity (Wildman–Crippen MR) is 170 cm³/mol. The average Bonchev–Trinajstić information content (AvgIpc) is 3.19. The molecule has 0 radical (unpaired) electrons. The van der Waals surface area contributed by atoms with Crippen molar-refractivity contribution in [2.45, 2.75) is 44.5 Å². The van der Waals surface area contributed by atoms with Crippen LogP contribution >= 0.6 is 11.6 Å². The first-order valence-electron chi connectivity index (χ1n) is 14.9. The van der Waals surface area contributed by atoms with E-state index in [9.17, 15) is 22.8 Å². The first-order valence-corrected chi connectivity index (χ1v) is 15.2. The number of nitrogens with one attached hydrogen (secondary N) is 1. The van der Waals surface area contributed by atoms with Gasteiger partial charge in [0.15, 0.2) is 17.3 Å². The van der Waals surface area contributed by atoms with E-state index >= 15 is 0 Å². The first-order chi connectivity index (χ1) is 22.1. The number of fused-ring (bicyclic) bond motifs is 1. The Labute approximate surface area is 269 Å². The SMILES string of the molecule is CCOc1cc([C@@H]2C3=C(C[C@H](c4ccccc4)CC3=O)Nc3ccccc3N2C(=O)C(F)(F)F)ccc1OCc1ccc(Cl)cc1. The lowest BCUT2D eigenvalue weighted by molar-refractivity contribution is -0.170. The standard InChI is InChI=1S/C36H30ClF3N2O4/c1-2-45-32-20-24(14-17-31(32)46-21-22-12-15-26(37)16-13-22)34-33-28(18-25(19-30(33)43)23-8-4-3-5-9-23)41-27-10-6-7-11-29(27)42(34)35(44)36(38,39)40/h3-17,20,25,34,41H,2,18-19,21H2,1H3/t25-,34+/m0/s1. The molecule has 0 saturated carbocycles. The van der Waals surface area contributed by atoms with E-state index in [1.54, 1.807) is 55.5 Å². The molecule has 0 aromatic heterocycles. The summed E-state index contributed by atoms with van der Waals surface area (Å²) in [4.78, 5) is 28.1. The number of alkyl halides is 3. The number of nitrogens with zero attached hydrogens (tertiary/aromatic N) is 1. The first kappa shape index (κ1) is 31.2. The Bertz CT molecular complexity index is 1790. The van der Waals surface area contributed by atoms with Crippen molar-refractivity contribution in [1.82, 2.24) is 0 Å². The number of ketones is 1. The van der Waals surface area contributed by atoms with Crippen molar-refractivity contribution in [2.75, 3.05) is 16.8 Å². The minimum absolute atomic E-state index is 0.00862. The number of hydrogen-bond donors (Lipinski definition) is 1. The molecular weight excluding hydrogens is 617 g/mol. The number of amides is 1. The second-order valence-electron chi connectivity index (χ2n) is 11.1. The molecule has 6 rings (SSSR count). The van der Waals surface area contributed by atoms with Crippen molar-refractivity contribution in [3.8, 4) is 11.5 Å². The highest BCUT2D eigenvalue weighted by atomic mass is 35.5. The highest BCUT2D eigenvalue weighted by molar-refractivity contribution is 6.30. The number of hydrogen-bond acceptors (Lipinski definition) is 5. The van der Waals surface area contributed by atoms with Gasteiger partial charge in [-0.15, -0.1) is 0 Å². The number of rotatable bonds is 7. The van der Waals surface area contributed by atoms with Gasteiger partial charge in [0, 0.05) is 22.7 Å². The molecule has 46 heavy (non-hydrogen) atoms. The highest BCUT2D eigenvalue weighted by Crippen LogP contribution is 2.49. The van der Waals surface area contributed by atoms with E-state index in [2.05, 4.69) is 5.32 Å². The molecule has 4 aromatic carbocycles. The Kier molecular flexibility index (Phi) is 8.77. The van der Waals surface area contributed by atoms with Crippen molar-refractivity contribution in [3.63, 3.8) is 0 Å². The average molecular weight is 647 g/mol. The maximum Gasteiger partial charge on any atom is 0.471 e. The molecule has 2 aliphatic rings. The smallest absolute Gasteiger partial charge is 0.471 e. The van der Waals surface area contributed by atoms with Gasteiger partial charge in [0.25, 0.3) is 0 Å². The van der Waals surface area contributed by atoms with Crippen molar-refractivity contribution < 1.29 is 32.2 Å². The number of para-hydroxylation sites is 2. The molecule has 0 bridgehead atoms. The molecule has 0 spiro atoms. The fourth-order valence-corrected chi connectivity index (χ4v) is 6.18. The lowest BCUT2D eigenvalue weighted by atomic mass is 9.78. The van der Waals surface area contributed by atoms with Gasteiger partial charge in [-0.25, -0.2) is 0 Å². The van der Waals surface area contributed by atoms with Gasteiger partial charge in [0.1, 0.15) is 6.61 Å². The fourth-order valence-electron chi connectivity index (χ4n) is 6.05. The van der Waals surface area contributed by atoms with Gasteiger partial charge in [-0.1, -0.05) is 72.3 Å². The highest BCUT2D eigenvalue weighted by Gasteiger charge is 2.50. The van der Waals surface area contributed by atoms with Crippen molar-refractivity contribution in [3.05, 3.63) is 130 Å². The third-order valence-electron chi connectivity index (χ3n) is 8.11. The summed E-state index contributed by atoms with van der Waals surface area (Å²) in [5.74, 6) is -2.00. The van der Waals surface area contributed by atoms with Crippen LogP contribution in [0.2, 0.25) is 5.02 Å². The Morgan fingerprint density at radius 2 is 1.61 bits per heavy atom. The van der Waals surface area contributed by atoms with E-state index in [1.807, 2.05) is 42.5 Å². The van der Waals surface area contributed by atoms with Gasteiger partial charge in [-0.3, -0.25) is 14.5 Å². The van der Waals surface area contributed by atoms with Crippen LogP contribution in [0, 0.1) is 0 Å². The molecule has 0 unspecified atom stereocenters. The number of anilines is 2. The topological polar surface area (TPSA) is 67.9 Å². The van der Waals surface area contributed by atoms with Crippen molar-refractivity contribution in [1.29, 1.82) is 0 Å². The minimum atomic E-state index is -5.22. The van der Waals surface area contributed by atoms with Gasteiger partial charge in [0.2, 0.25) is 0 Å². The second kappa shape index (κ2) is 12.9. The van der Waals surface area contributed by atoms with Crippen LogP contribution in [0.15, 0.2) is 108 Å². The molecule has 1 aliphatic heterocycles. The van der Waals surface area contributed by atoms with Gasteiger partial charge < -0.3 is 14.8 Å². The normalized spacial score (nSPS) is 17.8. The van der Waals surface area contributed by atoms with Crippen LogP contribution in [-0.4, -0.2) is 24.5 Å². The Morgan fingerprint density at radius 3 is 2.33 bits per heavy atom. The van der Waals surface area contributed by atoms with E-state index in [0.29, 0.717) is 33.5 Å². The molecule has 4 aromatic rings. The molecule has 1 N–H and O–H groups in total. The number of halogens is 4. The Hall–Kier alpha value is -4.76. The molecule has 1 amide bonds. The largest absolute Gasteiger partial charge is 0.490 e. The maximum atomic E-state index is 14.3. The van der Waals surface area contributed by atoms with Crippen molar-refractivity contribution >= 4 is 34.7 Å². The number of carbonyl (C=O) groups excluding carboxylic acids is 2. The van der Waals surface area contributed by atoms with Crippen LogP contribution in [0.3, 0.4) is 0 Å². The third-order valence-corrected chi connectivity index (χ3v) is 8.36. The summed E-state index contributed by atoms with van der Waals surface area (Å²) in [5.41, 5.74) is 2.96. The van der Waals surface area contributed by atoms with Gasteiger partial charge in [-0.05, 0) is 72.4 Å². The summed E-state index contributed by atoms with van der Waals surface area (Å²) in [6.07, 6.45) is -4.78.